The molecule has 1 aliphatic heterocycles. The molecule has 0 saturated carbocycles. The van der Waals surface area contributed by atoms with E-state index in [4.69, 9.17) is 10.5 Å². The molecule has 0 bridgehead atoms. The van der Waals surface area contributed by atoms with Crippen LogP contribution in [0.4, 0.5) is 16.2 Å². The van der Waals surface area contributed by atoms with Gasteiger partial charge >= 0.3 is 6.09 Å². The maximum atomic E-state index is 14.0. The maximum Gasteiger partial charge on any atom is 0.408 e. The molecular formula is C26H33N3O4. The van der Waals surface area contributed by atoms with Gasteiger partial charge in [-0.25, -0.2) is 9.69 Å². The van der Waals surface area contributed by atoms with Crippen molar-refractivity contribution < 1.29 is 19.1 Å². The first-order valence-electron chi connectivity index (χ1n) is 11.1. The van der Waals surface area contributed by atoms with Crippen LogP contribution >= 0.6 is 0 Å². The van der Waals surface area contributed by atoms with Crippen LogP contribution in [-0.4, -0.2) is 29.6 Å². The minimum Gasteiger partial charge on any atom is -0.444 e. The number of anilines is 2. The average molecular weight is 452 g/mol. The zero-order chi connectivity index (χ0) is 24.7. The van der Waals surface area contributed by atoms with Gasteiger partial charge in [0.1, 0.15) is 11.6 Å². The number of nitrogens with zero attached hydrogens (tertiary/aromatic N) is 1. The van der Waals surface area contributed by atoms with Crippen LogP contribution in [0.3, 0.4) is 0 Å². The Bertz CT molecular complexity index is 1100. The van der Waals surface area contributed by atoms with Crippen molar-refractivity contribution in [2.45, 2.75) is 66.0 Å². The van der Waals surface area contributed by atoms with Crippen LogP contribution in [0, 0.1) is 5.41 Å². The highest BCUT2D eigenvalue weighted by molar-refractivity contribution is 6.22. The predicted molar refractivity (Wildman–Crippen MR) is 130 cm³/mol. The van der Waals surface area contributed by atoms with E-state index >= 15 is 0 Å². The predicted octanol–water partition coefficient (Wildman–Crippen LogP) is 4.85. The van der Waals surface area contributed by atoms with E-state index in [-0.39, 0.29) is 5.91 Å². The number of benzene rings is 2. The van der Waals surface area contributed by atoms with E-state index in [1.807, 2.05) is 45.0 Å². The van der Waals surface area contributed by atoms with Gasteiger partial charge in [0, 0.05) is 11.3 Å². The van der Waals surface area contributed by atoms with Gasteiger partial charge in [0.25, 0.3) is 5.91 Å². The Morgan fingerprint density at radius 1 is 1.03 bits per heavy atom. The summed E-state index contributed by atoms with van der Waals surface area (Å²) < 4.78 is 5.39. The number of fused-ring (bicyclic) bond motifs is 3. The van der Waals surface area contributed by atoms with Crippen molar-refractivity contribution in [2.75, 3.05) is 10.6 Å². The molecule has 7 nitrogen and oxygen atoms in total. The molecule has 3 amide bonds. The smallest absolute Gasteiger partial charge is 0.408 e. The lowest BCUT2D eigenvalue weighted by molar-refractivity contribution is -0.129. The molecule has 2 aromatic carbocycles. The number of carbonyl (C=O) groups is 3. The molecule has 1 aliphatic rings. The lowest BCUT2D eigenvalue weighted by Crippen LogP contribution is -2.57. The van der Waals surface area contributed by atoms with Gasteiger partial charge in [-0.2, -0.15) is 0 Å². The number of nitrogen functional groups attached to an aromatic ring is 1. The van der Waals surface area contributed by atoms with E-state index in [1.165, 1.54) is 4.90 Å². The minimum atomic E-state index is -1.01. The summed E-state index contributed by atoms with van der Waals surface area (Å²) in [7, 11) is 0. The van der Waals surface area contributed by atoms with Gasteiger partial charge in [-0.1, -0.05) is 51.1 Å². The summed E-state index contributed by atoms with van der Waals surface area (Å²) in [4.78, 5) is 41.4. The molecule has 7 heteroatoms. The second kappa shape index (κ2) is 8.54. The van der Waals surface area contributed by atoms with Crippen LogP contribution in [0.15, 0.2) is 42.5 Å². The molecule has 2 aromatic rings. The number of ether oxygens (including phenoxy) is 1. The average Bonchev–Trinajstić information content (AvgIpc) is 2.78. The summed E-state index contributed by atoms with van der Waals surface area (Å²) in [5, 5.41) is 2.70. The molecule has 3 N–H and O–H groups in total. The van der Waals surface area contributed by atoms with E-state index in [0.717, 1.165) is 11.1 Å². The Hall–Kier alpha value is -3.35. The van der Waals surface area contributed by atoms with Crippen LogP contribution < -0.4 is 16.0 Å². The molecule has 1 heterocycles. The summed E-state index contributed by atoms with van der Waals surface area (Å²) >= 11 is 0. The summed E-state index contributed by atoms with van der Waals surface area (Å²) in [6, 6.07) is 11.7. The molecule has 0 aliphatic carbocycles. The van der Waals surface area contributed by atoms with E-state index in [2.05, 4.69) is 5.32 Å². The van der Waals surface area contributed by atoms with E-state index in [9.17, 15) is 14.4 Å². The number of imide groups is 1. The van der Waals surface area contributed by atoms with Gasteiger partial charge in [0.15, 0.2) is 0 Å². The molecule has 33 heavy (non-hydrogen) atoms. The fourth-order valence-electron chi connectivity index (χ4n) is 4.02. The molecule has 3 rings (SSSR count). The molecule has 176 valence electrons. The number of amides is 3. The Labute approximate surface area is 195 Å². The SMILES string of the molecule is C[C@H]1C(=O)N(C(=O)[C@@H](NC(=O)OC(C)(C)C)C(C)(C)C)c2cccc(N)c2-c2ccccc21. The van der Waals surface area contributed by atoms with Crippen LogP contribution in [0.1, 0.15) is 59.9 Å². The second-order valence-electron chi connectivity index (χ2n) is 10.5. The van der Waals surface area contributed by atoms with Crippen LogP contribution in [0.5, 0.6) is 0 Å². The summed E-state index contributed by atoms with van der Waals surface area (Å²) in [5.74, 6) is -1.50. The number of carbonyl (C=O) groups excluding carboxylic acids is 3. The number of hydrogen-bond donors (Lipinski definition) is 2. The lowest BCUT2D eigenvalue weighted by atomic mass is 9.85. The molecule has 0 fully saturated rings. The zero-order valence-electron chi connectivity index (χ0n) is 20.4. The first-order chi connectivity index (χ1) is 15.2. The normalized spacial score (nSPS) is 16.9. The first-order valence-corrected chi connectivity index (χ1v) is 11.1. The van der Waals surface area contributed by atoms with E-state index < -0.39 is 35.0 Å². The fraction of sp³-hybridized carbons (Fsp3) is 0.423. The highest BCUT2D eigenvalue weighted by atomic mass is 16.6. The number of hydrogen-bond acceptors (Lipinski definition) is 5. The Balaban J connectivity index is 2.14. The van der Waals surface area contributed by atoms with Gasteiger partial charge in [0.2, 0.25) is 5.91 Å². The van der Waals surface area contributed by atoms with Crippen molar-refractivity contribution in [3.63, 3.8) is 0 Å². The van der Waals surface area contributed by atoms with Gasteiger partial charge in [-0.05, 0) is 56.4 Å². The molecule has 0 aromatic heterocycles. The van der Waals surface area contributed by atoms with Gasteiger partial charge in [0.05, 0.1) is 11.6 Å². The molecule has 0 unspecified atom stereocenters. The third-order valence-electron chi connectivity index (χ3n) is 5.60. The van der Waals surface area contributed by atoms with Crippen molar-refractivity contribution in [2.24, 2.45) is 5.41 Å². The molecule has 0 radical (unpaired) electrons. The Morgan fingerprint density at radius 2 is 1.67 bits per heavy atom. The Morgan fingerprint density at radius 3 is 2.27 bits per heavy atom. The topological polar surface area (TPSA) is 102 Å². The quantitative estimate of drug-likeness (QED) is 0.636. The minimum absolute atomic E-state index is 0.378. The standard InChI is InChI=1S/C26H33N3O4/c1-15-16-11-8-9-12-17(16)20-18(27)13-10-14-19(20)29(22(15)30)23(31)21(25(2,3)4)28-24(32)33-26(5,6)7/h8-15,21H,27H2,1-7H3,(H,28,32)/t15-,21-/m1/s1. The largest absolute Gasteiger partial charge is 0.444 e. The van der Waals surface area contributed by atoms with Crippen molar-refractivity contribution >= 4 is 29.3 Å². The van der Waals surface area contributed by atoms with Crippen molar-refractivity contribution in [3.8, 4) is 11.1 Å². The van der Waals surface area contributed by atoms with Crippen LogP contribution in [0.25, 0.3) is 11.1 Å². The van der Waals surface area contributed by atoms with Crippen molar-refractivity contribution in [3.05, 3.63) is 48.0 Å². The van der Waals surface area contributed by atoms with E-state index in [1.54, 1.807) is 45.9 Å². The molecular weight excluding hydrogens is 418 g/mol. The first kappa shape index (κ1) is 24.3. The molecule has 0 spiro atoms. The molecule has 2 atom stereocenters. The van der Waals surface area contributed by atoms with Crippen molar-refractivity contribution in [1.29, 1.82) is 0 Å². The van der Waals surface area contributed by atoms with Gasteiger partial charge < -0.3 is 15.8 Å². The van der Waals surface area contributed by atoms with Gasteiger partial charge in [-0.3, -0.25) is 9.59 Å². The number of nitrogens with two attached hydrogens (primary N) is 1. The highest BCUT2D eigenvalue weighted by Gasteiger charge is 2.43. The van der Waals surface area contributed by atoms with E-state index in [0.29, 0.717) is 16.9 Å². The molecule has 0 saturated heterocycles. The van der Waals surface area contributed by atoms with Gasteiger partial charge in [-0.15, -0.1) is 0 Å². The third kappa shape index (κ3) is 4.87. The van der Waals surface area contributed by atoms with Crippen LogP contribution in [0.2, 0.25) is 0 Å². The summed E-state index contributed by atoms with van der Waals surface area (Å²) in [6.07, 6.45) is -0.720. The second-order valence-corrected chi connectivity index (χ2v) is 10.5. The van der Waals surface area contributed by atoms with Crippen molar-refractivity contribution in [1.82, 2.24) is 5.32 Å². The number of rotatable bonds is 2. The highest BCUT2D eigenvalue weighted by Crippen LogP contribution is 2.44. The number of alkyl carbamates (subject to hydrolysis) is 1. The fourth-order valence-corrected chi connectivity index (χ4v) is 4.02. The Kier molecular flexibility index (Phi) is 6.29. The third-order valence-corrected chi connectivity index (χ3v) is 5.60. The number of nitrogens with one attached hydrogen (secondary N) is 1. The summed E-state index contributed by atoms with van der Waals surface area (Å²) in [5.41, 5.74) is 8.03. The zero-order valence-corrected chi connectivity index (χ0v) is 20.4. The van der Waals surface area contributed by atoms with Crippen LogP contribution in [-0.2, 0) is 14.3 Å². The lowest BCUT2D eigenvalue weighted by Gasteiger charge is -2.35. The monoisotopic (exact) mass is 451 g/mol. The maximum absolute atomic E-state index is 14.0. The summed E-state index contributed by atoms with van der Waals surface area (Å²) in [6.45, 7) is 12.5.